The number of ether oxygens (including phenoxy) is 2. The Morgan fingerprint density at radius 1 is 0.526 bits per heavy atom. The third-order valence-corrected chi connectivity index (χ3v) is 6.84. The molecule has 0 spiro atoms. The second-order valence-corrected chi connectivity index (χ2v) is 10.3. The van der Waals surface area contributed by atoms with Gasteiger partial charge in [-0.05, 0) is 67.0 Å². The van der Waals surface area contributed by atoms with Crippen LogP contribution in [0.1, 0.15) is 128 Å². The lowest BCUT2D eigenvalue weighted by atomic mass is 10.1. The second kappa shape index (κ2) is 22.3. The van der Waals surface area contributed by atoms with E-state index in [9.17, 15) is 0 Å². The fourth-order valence-electron chi connectivity index (χ4n) is 4.42. The summed E-state index contributed by atoms with van der Waals surface area (Å²) in [4.78, 5) is 0. The standard InChI is InChI=1S/C36H52O2/c1-3-5-7-9-11-13-15-19-31-37-35-27-23-33(24-28-35)21-17-18-22-34-25-29-36(30-26-34)38-32-20-16-14-12-10-8-6-4-2/h17,21,23-30H,3-16,19-20,31-32H2,1-2H3/b21-17+. The van der Waals surface area contributed by atoms with Gasteiger partial charge in [-0.15, -0.1) is 0 Å². The Morgan fingerprint density at radius 2 is 0.947 bits per heavy atom. The maximum absolute atomic E-state index is 5.89. The van der Waals surface area contributed by atoms with Gasteiger partial charge in [-0.25, -0.2) is 0 Å². The first kappa shape index (κ1) is 31.6. The van der Waals surface area contributed by atoms with E-state index in [1.54, 1.807) is 0 Å². The van der Waals surface area contributed by atoms with Gasteiger partial charge in [0.05, 0.1) is 13.2 Å². The molecular formula is C36H52O2. The van der Waals surface area contributed by atoms with Crippen LogP contribution in [0.5, 0.6) is 11.5 Å². The number of unbranched alkanes of at least 4 members (excludes halogenated alkanes) is 14. The van der Waals surface area contributed by atoms with Crippen LogP contribution in [-0.2, 0) is 0 Å². The summed E-state index contributed by atoms with van der Waals surface area (Å²) in [6.45, 7) is 6.14. The number of allylic oxidation sites excluding steroid dienone is 1. The highest BCUT2D eigenvalue weighted by atomic mass is 16.5. The molecule has 0 N–H and O–H groups in total. The maximum atomic E-state index is 5.89. The lowest BCUT2D eigenvalue weighted by molar-refractivity contribution is 0.304. The van der Waals surface area contributed by atoms with Crippen molar-refractivity contribution in [1.29, 1.82) is 0 Å². The van der Waals surface area contributed by atoms with Crippen molar-refractivity contribution >= 4 is 6.08 Å². The zero-order chi connectivity index (χ0) is 26.9. The van der Waals surface area contributed by atoms with Crippen LogP contribution in [0.25, 0.3) is 6.08 Å². The summed E-state index contributed by atoms with van der Waals surface area (Å²) in [6, 6.07) is 16.4. The minimum atomic E-state index is 0.797. The number of hydrogen-bond acceptors (Lipinski definition) is 2. The molecule has 0 fully saturated rings. The van der Waals surface area contributed by atoms with E-state index in [2.05, 4.69) is 37.8 Å². The Labute approximate surface area is 234 Å². The lowest BCUT2D eigenvalue weighted by Gasteiger charge is -2.06. The largest absolute Gasteiger partial charge is 0.494 e. The minimum Gasteiger partial charge on any atom is -0.494 e. The van der Waals surface area contributed by atoms with Crippen LogP contribution in [0.2, 0.25) is 0 Å². The summed E-state index contributed by atoms with van der Waals surface area (Å²) in [5.74, 6) is 8.21. The van der Waals surface area contributed by atoms with E-state index >= 15 is 0 Å². The molecule has 2 aromatic carbocycles. The van der Waals surface area contributed by atoms with Crippen molar-refractivity contribution in [3.05, 3.63) is 65.7 Å². The van der Waals surface area contributed by atoms with Crippen molar-refractivity contribution in [2.75, 3.05) is 13.2 Å². The van der Waals surface area contributed by atoms with Crippen molar-refractivity contribution in [1.82, 2.24) is 0 Å². The fourth-order valence-corrected chi connectivity index (χ4v) is 4.42. The molecule has 38 heavy (non-hydrogen) atoms. The molecule has 0 saturated heterocycles. The summed E-state index contributed by atoms with van der Waals surface area (Å²) < 4.78 is 11.8. The van der Waals surface area contributed by atoms with Gasteiger partial charge in [-0.2, -0.15) is 0 Å². The van der Waals surface area contributed by atoms with E-state index in [1.165, 1.54) is 89.9 Å². The van der Waals surface area contributed by atoms with Gasteiger partial charge in [0, 0.05) is 5.56 Å². The van der Waals surface area contributed by atoms with Crippen LogP contribution in [0, 0.1) is 11.8 Å². The smallest absolute Gasteiger partial charge is 0.119 e. The van der Waals surface area contributed by atoms with Crippen molar-refractivity contribution in [2.45, 2.75) is 117 Å². The quantitative estimate of drug-likeness (QED) is 0.121. The van der Waals surface area contributed by atoms with Crippen LogP contribution < -0.4 is 9.47 Å². The normalized spacial score (nSPS) is 10.9. The predicted octanol–water partition coefficient (Wildman–Crippen LogP) is 10.8. The Bertz CT molecular complexity index is 899. The number of benzene rings is 2. The number of hydrogen-bond donors (Lipinski definition) is 0. The fraction of sp³-hybridized carbons (Fsp3) is 0.556. The summed E-state index contributed by atoms with van der Waals surface area (Å²) in [7, 11) is 0. The van der Waals surface area contributed by atoms with E-state index in [4.69, 9.17) is 9.47 Å². The molecule has 0 aliphatic rings. The first-order chi connectivity index (χ1) is 18.8. The van der Waals surface area contributed by atoms with Gasteiger partial charge in [0.1, 0.15) is 11.5 Å². The van der Waals surface area contributed by atoms with E-state index in [1.807, 2.05) is 48.6 Å². The molecule has 0 aromatic heterocycles. The van der Waals surface area contributed by atoms with E-state index in [-0.39, 0.29) is 0 Å². The van der Waals surface area contributed by atoms with Crippen LogP contribution in [0.4, 0.5) is 0 Å². The van der Waals surface area contributed by atoms with Crippen molar-refractivity contribution in [3.8, 4) is 23.3 Å². The Kier molecular flexibility index (Phi) is 18.5. The monoisotopic (exact) mass is 516 g/mol. The second-order valence-electron chi connectivity index (χ2n) is 10.3. The van der Waals surface area contributed by atoms with Gasteiger partial charge in [0.15, 0.2) is 0 Å². The van der Waals surface area contributed by atoms with Crippen molar-refractivity contribution in [3.63, 3.8) is 0 Å². The molecule has 0 heterocycles. The average molecular weight is 517 g/mol. The van der Waals surface area contributed by atoms with E-state index in [0.717, 1.165) is 48.7 Å². The maximum Gasteiger partial charge on any atom is 0.119 e. The predicted molar refractivity (Wildman–Crippen MR) is 165 cm³/mol. The zero-order valence-electron chi connectivity index (χ0n) is 24.3. The SMILES string of the molecule is CCCCCCCCCCOc1ccc(C#C/C=C/c2ccc(OCCCCCCCCCC)cc2)cc1. The first-order valence-corrected chi connectivity index (χ1v) is 15.5. The van der Waals surface area contributed by atoms with Crippen LogP contribution in [-0.4, -0.2) is 13.2 Å². The highest BCUT2D eigenvalue weighted by Gasteiger charge is 1.97. The minimum absolute atomic E-state index is 0.797. The zero-order valence-corrected chi connectivity index (χ0v) is 24.3. The third-order valence-electron chi connectivity index (χ3n) is 6.84. The summed E-state index contributed by atoms with van der Waals surface area (Å²) in [5.41, 5.74) is 2.13. The molecule has 2 rings (SSSR count). The van der Waals surface area contributed by atoms with Crippen LogP contribution >= 0.6 is 0 Å². The Hall–Kier alpha value is -2.66. The van der Waals surface area contributed by atoms with Gasteiger partial charge >= 0.3 is 0 Å². The molecule has 2 aromatic rings. The van der Waals surface area contributed by atoms with Crippen LogP contribution in [0.3, 0.4) is 0 Å². The summed E-state index contributed by atoms with van der Waals surface area (Å²) in [6.07, 6.45) is 25.1. The molecule has 208 valence electrons. The number of rotatable bonds is 21. The highest BCUT2D eigenvalue weighted by Crippen LogP contribution is 2.16. The highest BCUT2D eigenvalue weighted by molar-refractivity contribution is 5.54. The topological polar surface area (TPSA) is 18.5 Å². The van der Waals surface area contributed by atoms with Crippen molar-refractivity contribution < 1.29 is 9.47 Å². The van der Waals surface area contributed by atoms with E-state index < -0.39 is 0 Å². The summed E-state index contributed by atoms with van der Waals surface area (Å²) in [5, 5.41) is 0. The van der Waals surface area contributed by atoms with Gasteiger partial charge in [0.25, 0.3) is 0 Å². The van der Waals surface area contributed by atoms with Crippen molar-refractivity contribution in [2.24, 2.45) is 0 Å². The molecule has 0 atom stereocenters. The Morgan fingerprint density at radius 3 is 1.42 bits per heavy atom. The third kappa shape index (κ3) is 16.2. The molecule has 2 heteroatoms. The first-order valence-electron chi connectivity index (χ1n) is 15.5. The van der Waals surface area contributed by atoms with Gasteiger partial charge in [-0.3, -0.25) is 0 Å². The van der Waals surface area contributed by atoms with Crippen LogP contribution in [0.15, 0.2) is 54.6 Å². The van der Waals surface area contributed by atoms with Gasteiger partial charge in [0.2, 0.25) is 0 Å². The van der Waals surface area contributed by atoms with E-state index in [0.29, 0.717) is 0 Å². The average Bonchev–Trinajstić information content (AvgIpc) is 2.95. The molecular weight excluding hydrogens is 464 g/mol. The summed E-state index contributed by atoms with van der Waals surface area (Å²) >= 11 is 0. The lowest BCUT2D eigenvalue weighted by Crippen LogP contribution is -1.97. The molecule has 0 aliphatic heterocycles. The molecule has 0 unspecified atom stereocenters. The molecule has 2 nitrogen and oxygen atoms in total. The van der Waals surface area contributed by atoms with Gasteiger partial charge < -0.3 is 9.47 Å². The molecule has 0 radical (unpaired) electrons. The van der Waals surface area contributed by atoms with Gasteiger partial charge in [-0.1, -0.05) is 128 Å². The Balaban J connectivity index is 1.57. The molecule has 0 aliphatic carbocycles. The molecule has 0 bridgehead atoms. The molecule has 0 saturated carbocycles. The molecule has 0 amide bonds.